The molecular formula is C14H16F6. The summed E-state index contributed by atoms with van der Waals surface area (Å²) in [6.07, 6.45) is -9.80. The molecule has 20 heavy (non-hydrogen) atoms. The summed E-state index contributed by atoms with van der Waals surface area (Å²) in [4.78, 5) is 0. The molecule has 1 aromatic rings. The summed E-state index contributed by atoms with van der Waals surface area (Å²) in [5.41, 5.74) is -0.827. The summed E-state index contributed by atoms with van der Waals surface area (Å²) < 4.78 is 77.8. The SMILES string of the molecule is Cc1ccc(C(C)(C)C(F)(F)C(F)C(F)(F)F)cc1C. The standard InChI is InChI=1S/C14H16F6/c1-8-5-6-10(7-9(8)2)12(3,4)13(16,17)11(15)14(18,19)20/h5-7,11H,1-4H3. The largest absolute Gasteiger partial charge is 0.425 e. The zero-order valence-corrected chi connectivity index (χ0v) is 11.6. The van der Waals surface area contributed by atoms with E-state index >= 15 is 0 Å². The van der Waals surface area contributed by atoms with Crippen LogP contribution >= 0.6 is 0 Å². The van der Waals surface area contributed by atoms with Crippen molar-refractivity contribution < 1.29 is 26.3 Å². The Hall–Kier alpha value is -1.20. The minimum absolute atomic E-state index is 0.0301. The van der Waals surface area contributed by atoms with Gasteiger partial charge in [0.05, 0.1) is 5.41 Å². The predicted octanol–water partition coefficient (Wildman–Crippen LogP) is 5.12. The third-order valence-electron chi connectivity index (χ3n) is 3.67. The molecule has 0 spiro atoms. The molecule has 0 aromatic heterocycles. The average molecular weight is 298 g/mol. The molecule has 0 amide bonds. The molecule has 0 bridgehead atoms. The lowest BCUT2D eigenvalue weighted by Crippen LogP contribution is -2.53. The Bertz CT molecular complexity index is 487. The molecule has 1 atom stereocenters. The highest BCUT2D eigenvalue weighted by Gasteiger charge is 2.64. The summed E-state index contributed by atoms with van der Waals surface area (Å²) in [6.45, 7) is 5.23. The third kappa shape index (κ3) is 2.79. The maximum atomic E-state index is 13.9. The molecule has 1 unspecified atom stereocenters. The summed E-state index contributed by atoms with van der Waals surface area (Å²) in [7, 11) is 0. The molecule has 1 aromatic carbocycles. The maximum absolute atomic E-state index is 13.9. The van der Waals surface area contributed by atoms with Gasteiger partial charge in [-0.15, -0.1) is 0 Å². The Morgan fingerprint density at radius 3 is 1.80 bits per heavy atom. The van der Waals surface area contributed by atoms with Crippen molar-refractivity contribution in [3.63, 3.8) is 0 Å². The lowest BCUT2D eigenvalue weighted by atomic mass is 9.75. The highest BCUT2D eigenvalue weighted by Crippen LogP contribution is 2.47. The normalized spacial score (nSPS) is 15.3. The highest BCUT2D eigenvalue weighted by atomic mass is 19.4. The molecule has 6 heteroatoms. The molecule has 114 valence electrons. The Morgan fingerprint density at radius 2 is 1.40 bits per heavy atom. The summed E-state index contributed by atoms with van der Waals surface area (Å²) in [5, 5.41) is 0. The van der Waals surface area contributed by atoms with E-state index in [2.05, 4.69) is 0 Å². The van der Waals surface area contributed by atoms with Crippen molar-refractivity contribution >= 4 is 0 Å². The minimum Gasteiger partial charge on any atom is -0.231 e. The van der Waals surface area contributed by atoms with Gasteiger partial charge in [0.2, 0.25) is 0 Å². The molecule has 0 heterocycles. The Kier molecular flexibility index (Phi) is 4.19. The van der Waals surface area contributed by atoms with Gasteiger partial charge >= 0.3 is 6.18 Å². The van der Waals surface area contributed by atoms with Gasteiger partial charge in [-0.2, -0.15) is 13.2 Å². The quantitative estimate of drug-likeness (QED) is 0.680. The first-order valence-electron chi connectivity index (χ1n) is 5.98. The zero-order chi connectivity index (χ0) is 15.9. The lowest BCUT2D eigenvalue weighted by molar-refractivity contribution is -0.260. The fourth-order valence-corrected chi connectivity index (χ4v) is 1.84. The van der Waals surface area contributed by atoms with Gasteiger partial charge in [-0.3, -0.25) is 0 Å². The van der Waals surface area contributed by atoms with E-state index < -0.39 is 23.7 Å². The van der Waals surface area contributed by atoms with Crippen LogP contribution < -0.4 is 0 Å². The van der Waals surface area contributed by atoms with Crippen molar-refractivity contribution in [3.05, 3.63) is 34.9 Å². The van der Waals surface area contributed by atoms with Crippen molar-refractivity contribution in [1.82, 2.24) is 0 Å². The fourth-order valence-electron chi connectivity index (χ4n) is 1.84. The molecule has 0 radical (unpaired) electrons. The molecule has 0 saturated heterocycles. The van der Waals surface area contributed by atoms with Crippen LogP contribution in [-0.2, 0) is 5.41 Å². The van der Waals surface area contributed by atoms with Crippen molar-refractivity contribution in [1.29, 1.82) is 0 Å². The van der Waals surface area contributed by atoms with Crippen LogP contribution in [0.1, 0.15) is 30.5 Å². The van der Waals surface area contributed by atoms with Gasteiger partial charge in [-0.05, 0) is 44.4 Å². The van der Waals surface area contributed by atoms with Crippen molar-refractivity contribution in [3.8, 4) is 0 Å². The Morgan fingerprint density at radius 1 is 0.900 bits per heavy atom. The maximum Gasteiger partial charge on any atom is 0.425 e. The van der Waals surface area contributed by atoms with E-state index in [-0.39, 0.29) is 5.56 Å². The highest BCUT2D eigenvalue weighted by molar-refractivity contribution is 5.35. The molecule has 0 aliphatic carbocycles. The average Bonchev–Trinajstić information content (AvgIpc) is 2.30. The van der Waals surface area contributed by atoms with Crippen LogP contribution in [0.5, 0.6) is 0 Å². The van der Waals surface area contributed by atoms with Crippen LogP contribution in [0.2, 0.25) is 0 Å². The lowest BCUT2D eigenvalue weighted by Gasteiger charge is -2.37. The van der Waals surface area contributed by atoms with Gasteiger partial charge in [0.25, 0.3) is 12.1 Å². The molecule has 0 aliphatic heterocycles. The first kappa shape index (κ1) is 16.9. The van der Waals surface area contributed by atoms with Crippen LogP contribution in [0.15, 0.2) is 18.2 Å². The number of rotatable bonds is 3. The number of benzene rings is 1. The second-order valence-electron chi connectivity index (χ2n) is 5.45. The van der Waals surface area contributed by atoms with Crippen LogP contribution in [0.3, 0.4) is 0 Å². The first-order chi connectivity index (χ1) is 8.81. The van der Waals surface area contributed by atoms with E-state index in [4.69, 9.17) is 0 Å². The molecule has 0 fully saturated rings. The molecule has 0 aliphatic rings. The van der Waals surface area contributed by atoms with Gasteiger partial charge in [0, 0.05) is 0 Å². The topological polar surface area (TPSA) is 0 Å². The van der Waals surface area contributed by atoms with Crippen molar-refractivity contribution in [2.75, 3.05) is 0 Å². The number of alkyl halides is 6. The smallest absolute Gasteiger partial charge is 0.231 e. The summed E-state index contributed by atoms with van der Waals surface area (Å²) in [6, 6.07) is 4.20. The zero-order valence-electron chi connectivity index (χ0n) is 11.6. The van der Waals surface area contributed by atoms with E-state index in [0.29, 0.717) is 5.56 Å². The van der Waals surface area contributed by atoms with Crippen LogP contribution in [0.25, 0.3) is 0 Å². The second-order valence-corrected chi connectivity index (χ2v) is 5.45. The number of aryl methyl sites for hydroxylation is 2. The van der Waals surface area contributed by atoms with Crippen LogP contribution in [-0.4, -0.2) is 18.3 Å². The minimum atomic E-state index is -5.60. The molecule has 0 N–H and O–H groups in total. The van der Waals surface area contributed by atoms with Crippen LogP contribution in [0.4, 0.5) is 26.3 Å². The van der Waals surface area contributed by atoms with E-state index in [9.17, 15) is 26.3 Å². The predicted molar refractivity (Wildman–Crippen MR) is 64.8 cm³/mol. The summed E-state index contributed by atoms with van der Waals surface area (Å²) >= 11 is 0. The van der Waals surface area contributed by atoms with E-state index in [1.54, 1.807) is 13.8 Å². The van der Waals surface area contributed by atoms with E-state index in [1.165, 1.54) is 18.2 Å². The molecule has 0 nitrogen and oxygen atoms in total. The van der Waals surface area contributed by atoms with Gasteiger partial charge in [-0.1, -0.05) is 18.2 Å². The fraction of sp³-hybridized carbons (Fsp3) is 0.571. The van der Waals surface area contributed by atoms with Gasteiger partial charge in [0.15, 0.2) is 0 Å². The molecular weight excluding hydrogens is 282 g/mol. The monoisotopic (exact) mass is 298 g/mol. The van der Waals surface area contributed by atoms with Crippen molar-refractivity contribution in [2.45, 2.75) is 51.4 Å². The summed E-state index contributed by atoms with van der Waals surface area (Å²) in [5.74, 6) is -4.56. The van der Waals surface area contributed by atoms with Gasteiger partial charge in [0.1, 0.15) is 0 Å². The molecule has 0 saturated carbocycles. The van der Waals surface area contributed by atoms with Crippen molar-refractivity contribution in [2.24, 2.45) is 0 Å². The molecule has 1 rings (SSSR count). The second kappa shape index (κ2) is 4.97. The van der Waals surface area contributed by atoms with Gasteiger partial charge in [-0.25, -0.2) is 13.2 Å². The number of halogens is 6. The van der Waals surface area contributed by atoms with Gasteiger partial charge < -0.3 is 0 Å². The Labute approximate surface area is 113 Å². The van der Waals surface area contributed by atoms with E-state index in [1.807, 2.05) is 0 Å². The number of hydrogen-bond acceptors (Lipinski definition) is 0. The van der Waals surface area contributed by atoms with Crippen LogP contribution in [0, 0.1) is 13.8 Å². The number of hydrogen-bond donors (Lipinski definition) is 0. The third-order valence-corrected chi connectivity index (χ3v) is 3.67. The first-order valence-corrected chi connectivity index (χ1v) is 5.98. The Balaban J connectivity index is 3.29. The van der Waals surface area contributed by atoms with E-state index in [0.717, 1.165) is 19.4 Å².